The number of H-pyrrole nitrogens is 1. The Morgan fingerprint density at radius 1 is 1.25 bits per heavy atom. The lowest BCUT2D eigenvalue weighted by Crippen LogP contribution is -2.34. The third kappa shape index (κ3) is 2.70. The molecule has 1 heterocycles. The lowest BCUT2D eigenvalue weighted by molar-refractivity contribution is -0.142. The van der Waals surface area contributed by atoms with Gasteiger partial charge in [-0.3, -0.25) is 4.79 Å². The summed E-state index contributed by atoms with van der Waals surface area (Å²) < 4.78 is 0. The van der Waals surface area contributed by atoms with Crippen molar-refractivity contribution in [1.29, 1.82) is 0 Å². The van der Waals surface area contributed by atoms with Crippen molar-refractivity contribution in [3.05, 3.63) is 36.0 Å². The van der Waals surface area contributed by atoms with Gasteiger partial charge in [0.2, 0.25) is 0 Å². The number of benzene rings is 1. The number of aromatic nitrogens is 1. The highest BCUT2D eigenvalue weighted by Gasteiger charge is 2.25. The van der Waals surface area contributed by atoms with E-state index >= 15 is 0 Å². The Hall–Kier alpha value is -1.81. The number of rotatable bonds is 4. The number of hydrogen-bond acceptors (Lipinski definition) is 2. The second kappa shape index (κ2) is 5.67. The number of carbonyl (C=O) groups is 1. The van der Waals surface area contributed by atoms with Crippen LogP contribution in [0.4, 0.5) is 0 Å². The van der Waals surface area contributed by atoms with E-state index < -0.39 is 5.97 Å². The second-order valence-electron chi connectivity index (χ2n) is 5.63. The molecule has 1 fully saturated rings. The summed E-state index contributed by atoms with van der Waals surface area (Å²) in [4.78, 5) is 14.2. The monoisotopic (exact) mass is 272 g/mol. The van der Waals surface area contributed by atoms with Gasteiger partial charge in [0, 0.05) is 24.3 Å². The van der Waals surface area contributed by atoms with Crippen LogP contribution in [0, 0.1) is 5.92 Å². The first-order chi connectivity index (χ1) is 9.74. The maximum atomic E-state index is 10.9. The van der Waals surface area contributed by atoms with Crippen molar-refractivity contribution in [1.82, 2.24) is 10.3 Å². The lowest BCUT2D eigenvalue weighted by atomic mass is 9.86. The van der Waals surface area contributed by atoms with Gasteiger partial charge in [-0.2, -0.15) is 0 Å². The molecular formula is C16H20N2O2. The molecule has 0 atom stereocenters. The van der Waals surface area contributed by atoms with Crippen LogP contribution in [0.1, 0.15) is 31.2 Å². The van der Waals surface area contributed by atoms with Crippen LogP contribution in [0.3, 0.4) is 0 Å². The van der Waals surface area contributed by atoms with Crippen molar-refractivity contribution in [3.63, 3.8) is 0 Å². The molecule has 0 spiro atoms. The molecule has 4 heteroatoms. The first-order valence-electron chi connectivity index (χ1n) is 7.25. The van der Waals surface area contributed by atoms with Crippen LogP contribution in [0.15, 0.2) is 30.5 Å². The van der Waals surface area contributed by atoms with E-state index in [0.717, 1.165) is 32.2 Å². The van der Waals surface area contributed by atoms with Crippen molar-refractivity contribution in [2.24, 2.45) is 5.92 Å². The minimum absolute atomic E-state index is 0.139. The van der Waals surface area contributed by atoms with E-state index in [-0.39, 0.29) is 5.92 Å². The van der Waals surface area contributed by atoms with Crippen molar-refractivity contribution in [2.75, 3.05) is 0 Å². The number of hydrogen-bond donors (Lipinski definition) is 3. The highest BCUT2D eigenvalue weighted by molar-refractivity contribution is 5.82. The van der Waals surface area contributed by atoms with Gasteiger partial charge < -0.3 is 15.4 Å². The highest BCUT2D eigenvalue weighted by Crippen LogP contribution is 2.25. The van der Waals surface area contributed by atoms with E-state index in [9.17, 15) is 4.79 Å². The molecule has 1 aromatic carbocycles. The van der Waals surface area contributed by atoms with Gasteiger partial charge >= 0.3 is 5.97 Å². The molecule has 1 aliphatic carbocycles. The molecule has 106 valence electrons. The molecule has 3 rings (SSSR count). The SMILES string of the molecule is O=C(O)C1CCC(NCc2cccc3cc[nH]c23)CC1. The van der Waals surface area contributed by atoms with E-state index in [1.165, 1.54) is 16.5 Å². The molecule has 20 heavy (non-hydrogen) atoms. The molecule has 1 aromatic heterocycles. The zero-order chi connectivity index (χ0) is 13.9. The molecule has 2 aromatic rings. The van der Waals surface area contributed by atoms with Gasteiger partial charge in [-0.1, -0.05) is 18.2 Å². The Balaban J connectivity index is 1.58. The first-order valence-corrected chi connectivity index (χ1v) is 7.25. The van der Waals surface area contributed by atoms with Gasteiger partial charge in [0.05, 0.1) is 5.92 Å². The molecule has 3 N–H and O–H groups in total. The van der Waals surface area contributed by atoms with Gasteiger partial charge in [0.15, 0.2) is 0 Å². The molecule has 0 unspecified atom stereocenters. The van der Waals surface area contributed by atoms with Gasteiger partial charge in [0.25, 0.3) is 0 Å². The van der Waals surface area contributed by atoms with E-state index in [4.69, 9.17) is 5.11 Å². The zero-order valence-electron chi connectivity index (χ0n) is 11.4. The summed E-state index contributed by atoms with van der Waals surface area (Å²) in [5.74, 6) is -0.778. The number of fused-ring (bicyclic) bond motifs is 1. The van der Waals surface area contributed by atoms with Gasteiger partial charge in [-0.25, -0.2) is 0 Å². The summed E-state index contributed by atoms with van der Waals surface area (Å²) in [6, 6.07) is 8.84. The quantitative estimate of drug-likeness (QED) is 0.801. The fourth-order valence-corrected chi connectivity index (χ4v) is 3.10. The van der Waals surface area contributed by atoms with Gasteiger partial charge in [-0.15, -0.1) is 0 Å². The second-order valence-corrected chi connectivity index (χ2v) is 5.63. The molecule has 4 nitrogen and oxygen atoms in total. The molecule has 0 radical (unpaired) electrons. The Morgan fingerprint density at radius 3 is 2.80 bits per heavy atom. The van der Waals surface area contributed by atoms with E-state index in [1.54, 1.807) is 0 Å². The normalized spacial score (nSPS) is 23.0. The minimum atomic E-state index is -0.639. The van der Waals surface area contributed by atoms with Crippen LogP contribution in [0.2, 0.25) is 0 Å². The Labute approximate surface area is 118 Å². The number of para-hydroxylation sites is 1. The summed E-state index contributed by atoms with van der Waals surface area (Å²) in [7, 11) is 0. The van der Waals surface area contributed by atoms with Gasteiger partial charge in [0.1, 0.15) is 0 Å². The van der Waals surface area contributed by atoms with Gasteiger partial charge in [-0.05, 0) is 42.7 Å². The van der Waals surface area contributed by atoms with Crippen LogP contribution in [-0.4, -0.2) is 22.1 Å². The Kier molecular flexibility index (Phi) is 3.74. The number of aliphatic carboxylic acids is 1. The van der Waals surface area contributed by atoms with Crippen molar-refractivity contribution >= 4 is 16.9 Å². The fourth-order valence-electron chi connectivity index (χ4n) is 3.10. The number of carboxylic acids is 1. The Morgan fingerprint density at radius 2 is 2.05 bits per heavy atom. The minimum Gasteiger partial charge on any atom is -0.481 e. The topological polar surface area (TPSA) is 65.1 Å². The predicted molar refractivity (Wildman–Crippen MR) is 78.5 cm³/mol. The zero-order valence-corrected chi connectivity index (χ0v) is 11.4. The predicted octanol–water partition coefficient (Wildman–Crippen LogP) is 2.90. The maximum Gasteiger partial charge on any atom is 0.306 e. The number of nitrogens with one attached hydrogen (secondary N) is 2. The maximum absolute atomic E-state index is 10.9. The van der Waals surface area contributed by atoms with E-state index in [0.29, 0.717) is 6.04 Å². The molecule has 1 aliphatic rings. The van der Waals surface area contributed by atoms with Crippen molar-refractivity contribution in [3.8, 4) is 0 Å². The molecule has 0 saturated heterocycles. The number of carboxylic acid groups (broad SMARTS) is 1. The Bertz CT molecular complexity index is 597. The van der Waals surface area contributed by atoms with Crippen molar-refractivity contribution < 1.29 is 9.90 Å². The standard InChI is InChI=1S/C16H20N2O2/c19-16(20)12-4-6-14(7-5-12)18-10-13-3-1-2-11-8-9-17-15(11)13/h1-3,8-9,12,14,17-18H,4-7,10H2,(H,19,20). The summed E-state index contributed by atoms with van der Waals surface area (Å²) in [6.07, 6.45) is 5.46. The van der Waals surface area contributed by atoms with Crippen LogP contribution in [-0.2, 0) is 11.3 Å². The smallest absolute Gasteiger partial charge is 0.306 e. The van der Waals surface area contributed by atoms with Crippen LogP contribution in [0.25, 0.3) is 10.9 Å². The fraction of sp³-hybridized carbons (Fsp3) is 0.438. The first kappa shape index (κ1) is 13.2. The lowest BCUT2D eigenvalue weighted by Gasteiger charge is -2.27. The molecule has 0 bridgehead atoms. The largest absolute Gasteiger partial charge is 0.481 e. The van der Waals surface area contributed by atoms with Crippen LogP contribution < -0.4 is 5.32 Å². The summed E-state index contributed by atoms with van der Waals surface area (Å²) in [5, 5.41) is 13.8. The summed E-state index contributed by atoms with van der Waals surface area (Å²) in [6.45, 7) is 0.834. The van der Waals surface area contributed by atoms with Crippen molar-refractivity contribution in [2.45, 2.75) is 38.3 Å². The third-order valence-corrected chi connectivity index (χ3v) is 4.33. The number of aromatic amines is 1. The molecule has 1 saturated carbocycles. The highest BCUT2D eigenvalue weighted by atomic mass is 16.4. The third-order valence-electron chi connectivity index (χ3n) is 4.33. The van der Waals surface area contributed by atoms with Crippen LogP contribution in [0.5, 0.6) is 0 Å². The average molecular weight is 272 g/mol. The van der Waals surface area contributed by atoms with E-state index in [1.807, 2.05) is 6.20 Å². The van der Waals surface area contributed by atoms with Crippen LogP contribution >= 0.6 is 0 Å². The molecule has 0 aliphatic heterocycles. The average Bonchev–Trinajstić information content (AvgIpc) is 2.94. The van der Waals surface area contributed by atoms with E-state index in [2.05, 4.69) is 34.6 Å². The summed E-state index contributed by atoms with van der Waals surface area (Å²) >= 11 is 0. The molecular weight excluding hydrogens is 252 g/mol. The molecule has 0 amide bonds. The summed E-state index contributed by atoms with van der Waals surface area (Å²) in [5.41, 5.74) is 2.46.